The summed E-state index contributed by atoms with van der Waals surface area (Å²) >= 11 is 0. The Bertz CT molecular complexity index is 78.1. The average molecular weight is 100 g/mol. The Morgan fingerprint density at radius 1 is 1.14 bits per heavy atom. The van der Waals surface area contributed by atoms with Gasteiger partial charge >= 0.3 is 0 Å². The number of hydrogen-bond donors (Lipinski definition) is 2. The lowest BCUT2D eigenvalue weighted by Crippen LogP contribution is -2.04. The summed E-state index contributed by atoms with van der Waals surface area (Å²) in [7, 11) is 0. The minimum atomic E-state index is -0.407. The van der Waals surface area contributed by atoms with Gasteiger partial charge in [0.1, 0.15) is 0 Å². The third-order valence-electron chi connectivity index (χ3n) is 1.04. The van der Waals surface area contributed by atoms with Crippen molar-refractivity contribution in [3.8, 4) is 0 Å². The number of aliphatic hydroxyl groups is 2. The first kappa shape index (κ1) is 4.81. The van der Waals surface area contributed by atoms with Crippen LogP contribution in [0.15, 0.2) is 12.2 Å². The van der Waals surface area contributed by atoms with Crippen molar-refractivity contribution in [3.05, 3.63) is 12.2 Å². The van der Waals surface area contributed by atoms with Crippen molar-refractivity contribution in [1.29, 1.82) is 0 Å². The van der Waals surface area contributed by atoms with E-state index in [0.717, 1.165) is 0 Å². The second-order valence-electron chi connectivity index (χ2n) is 1.76. The minimum absolute atomic E-state index is 0.407. The smallest absolute Gasteiger partial charge is 0.0749 e. The van der Waals surface area contributed by atoms with Gasteiger partial charge in [-0.1, -0.05) is 12.2 Å². The second-order valence-corrected chi connectivity index (χ2v) is 1.76. The van der Waals surface area contributed by atoms with Crippen molar-refractivity contribution >= 4 is 0 Å². The molecule has 0 spiro atoms. The molecule has 0 radical (unpaired) electrons. The molecule has 1 unspecified atom stereocenters. The van der Waals surface area contributed by atoms with Crippen LogP contribution in [-0.2, 0) is 0 Å². The van der Waals surface area contributed by atoms with Gasteiger partial charge in [-0.3, -0.25) is 0 Å². The summed E-state index contributed by atoms with van der Waals surface area (Å²) < 4.78 is 0. The van der Waals surface area contributed by atoms with Gasteiger partial charge in [0, 0.05) is 6.42 Å². The van der Waals surface area contributed by atoms with Gasteiger partial charge < -0.3 is 10.2 Å². The highest BCUT2D eigenvalue weighted by Crippen LogP contribution is 2.08. The lowest BCUT2D eigenvalue weighted by atomic mass is 10.3. The molecule has 2 nitrogen and oxygen atoms in total. The van der Waals surface area contributed by atoms with Gasteiger partial charge in [0.25, 0.3) is 0 Å². The molecular weight excluding hydrogens is 92.1 g/mol. The summed E-state index contributed by atoms with van der Waals surface area (Å²) in [5, 5.41) is 17.3. The van der Waals surface area contributed by atoms with Gasteiger partial charge in [-0.25, -0.2) is 0 Å². The van der Waals surface area contributed by atoms with Crippen molar-refractivity contribution < 1.29 is 10.2 Å². The van der Waals surface area contributed by atoms with E-state index in [-0.39, 0.29) is 0 Å². The number of aliphatic hydroxyl groups excluding tert-OH is 2. The highest BCUT2D eigenvalue weighted by Gasteiger charge is 2.11. The maximum atomic E-state index is 8.65. The summed E-state index contributed by atoms with van der Waals surface area (Å²) in [5.41, 5.74) is 0. The van der Waals surface area contributed by atoms with Crippen LogP contribution in [0.25, 0.3) is 0 Å². The van der Waals surface area contributed by atoms with Crippen molar-refractivity contribution in [2.45, 2.75) is 18.6 Å². The molecule has 0 aliphatic heterocycles. The van der Waals surface area contributed by atoms with E-state index in [4.69, 9.17) is 10.2 Å². The van der Waals surface area contributed by atoms with Crippen LogP contribution in [-0.4, -0.2) is 22.4 Å². The first-order valence-corrected chi connectivity index (χ1v) is 2.33. The SMILES string of the molecule is OC1C=C[C@@H](O)C1. The molecular formula is C5H8O2. The lowest BCUT2D eigenvalue weighted by Gasteiger charge is -1.96. The van der Waals surface area contributed by atoms with E-state index < -0.39 is 12.2 Å². The van der Waals surface area contributed by atoms with Crippen LogP contribution in [0.1, 0.15) is 6.42 Å². The zero-order valence-corrected chi connectivity index (χ0v) is 3.91. The maximum absolute atomic E-state index is 8.65. The van der Waals surface area contributed by atoms with Crippen LogP contribution >= 0.6 is 0 Å². The van der Waals surface area contributed by atoms with Crippen molar-refractivity contribution in [1.82, 2.24) is 0 Å². The third-order valence-corrected chi connectivity index (χ3v) is 1.04. The van der Waals surface area contributed by atoms with Gasteiger partial charge in [-0.2, -0.15) is 0 Å². The molecule has 2 atom stereocenters. The summed E-state index contributed by atoms with van der Waals surface area (Å²) in [6.07, 6.45) is 2.86. The summed E-state index contributed by atoms with van der Waals surface area (Å²) in [6, 6.07) is 0. The monoisotopic (exact) mass is 100 g/mol. The quantitative estimate of drug-likeness (QED) is 0.409. The predicted octanol–water partition coefficient (Wildman–Crippen LogP) is -0.332. The molecule has 0 aromatic carbocycles. The predicted molar refractivity (Wildman–Crippen MR) is 25.8 cm³/mol. The largest absolute Gasteiger partial charge is 0.389 e. The molecule has 0 aromatic heterocycles. The first-order valence-electron chi connectivity index (χ1n) is 2.33. The zero-order chi connectivity index (χ0) is 5.28. The van der Waals surface area contributed by atoms with E-state index in [2.05, 4.69) is 0 Å². The zero-order valence-electron chi connectivity index (χ0n) is 3.91. The molecule has 0 amide bonds. The van der Waals surface area contributed by atoms with E-state index in [1.165, 1.54) is 0 Å². The Labute approximate surface area is 42.1 Å². The van der Waals surface area contributed by atoms with Gasteiger partial charge in [-0.15, -0.1) is 0 Å². The normalized spacial score (nSPS) is 39.7. The maximum Gasteiger partial charge on any atom is 0.0749 e. The Balaban J connectivity index is 2.42. The van der Waals surface area contributed by atoms with Crippen LogP contribution < -0.4 is 0 Å². The molecule has 40 valence electrons. The van der Waals surface area contributed by atoms with Crippen molar-refractivity contribution in [2.75, 3.05) is 0 Å². The minimum Gasteiger partial charge on any atom is -0.389 e. The van der Waals surface area contributed by atoms with Crippen LogP contribution in [0.5, 0.6) is 0 Å². The number of rotatable bonds is 0. The molecule has 0 saturated carbocycles. The fourth-order valence-corrected chi connectivity index (χ4v) is 0.661. The Morgan fingerprint density at radius 3 is 1.71 bits per heavy atom. The molecule has 0 bridgehead atoms. The fourth-order valence-electron chi connectivity index (χ4n) is 0.661. The van der Waals surface area contributed by atoms with Crippen LogP contribution in [0, 0.1) is 0 Å². The van der Waals surface area contributed by atoms with E-state index in [0.29, 0.717) is 6.42 Å². The van der Waals surface area contributed by atoms with E-state index >= 15 is 0 Å². The standard InChI is InChI=1S/C5H8O2/c6-4-1-2-5(7)3-4/h1-2,4-7H,3H2/t4-,5?/m1/s1. The topological polar surface area (TPSA) is 40.5 Å². The molecule has 1 rings (SSSR count). The molecule has 1 aliphatic rings. The Kier molecular flexibility index (Phi) is 1.13. The third kappa shape index (κ3) is 1.01. The molecule has 1 aliphatic carbocycles. The first-order chi connectivity index (χ1) is 3.29. The van der Waals surface area contributed by atoms with E-state index in [1.54, 1.807) is 12.2 Å². The van der Waals surface area contributed by atoms with Gasteiger partial charge in [0.15, 0.2) is 0 Å². The lowest BCUT2D eigenvalue weighted by molar-refractivity contribution is 0.151. The molecule has 0 saturated heterocycles. The summed E-state index contributed by atoms with van der Waals surface area (Å²) in [4.78, 5) is 0. The summed E-state index contributed by atoms with van der Waals surface area (Å²) in [5.74, 6) is 0. The highest BCUT2D eigenvalue weighted by atomic mass is 16.3. The highest BCUT2D eigenvalue weighted by molar-refractivity contribution is 5.02. The molecule has 7 heavy (non-hydrogen) atoms. The van der Waals surface area contributed by atoms with Crippen molar-refractivity contribution in [2.24, 2.45) is 0 Å². The van der Waals surface area contributed by atoms with Gasteiger partial charge in [0.05, 0.1) is 12.2 Å². The Hall–Kier alpha value is -0.340. The van der Waals surface area contributed by atoms with Gasteiger partial charge in [-0.05, 0) is 0 Å². The Morgan fingerprint density at radius 2 is 1.57 bits per heavy atom. The van der Waals surface area contributed by atoms with E-state index in [1.807, 2.05) is 0 Å². The molecule has 2 N–H and O–H groups in total. The molecule has 0 fully saturated rings. The second kappa shape index (κ2) is 1.64. The fraction of sp³-hybridized carbons (Fsp3) is 0.600. The molecule has 0 aromatic rings. The van der Waals surface area contributed by atoms with Gasteiger partial charge in [0.2, 0.25) is 0 Å². The van der Waals surface area contributed by atoms with Crippen LogP contribution in [0.3, 0.4) is 0 Å². The van der Waals surface area contributed by atoms with E-state index in [9.17, 15) is 0 Å². The molecule has 2 heteroatoms. The van der Waals surface area contributed by atoms with Crippen LogP contribution in [0.4, 0.5) is 0 Å². The average Bonchev–Trinajstić information content (AvgIpc) is 1.87. The van der Waals surface area contributed by atoms with Crippen molar-refractivity contribution in [3.63, 3.8) is 0 Å². The number of hydrogen-bond acceptors (Lipinski definition) is 2. The molecule has 0 heterocycles. The van der Waals surface area contributed by atoms with Crippen LogP contribution in [0.2, 0.25) is 0 Å². The summed E-state index contributed by atoms with van der Waals surface area (Å²) in [6.45, 7) is 0.